The summed E-state index contributed by atoms with van der Waals surface area (Å²) < 4.78 is 2.38. The van der Waals surface area contributed by atoms with E-state index in [1.165, 1.54) is 55.3 Å². The zero-order valence-electron chi connectivity index (χ0n) is 18.0. The van der Waals surface area contributed by atoms with Crippen LogP contribution in [-0.2, 0) is 0 Å². The molecule has 152 valence electrons. The number of benzene rings is 5. The lowest BCUT2D eigenvalue weighted by Gasteiger charge is -2.09. The molecule has 5 aromatic carbocycles. The highest BCUT2D eigenvalue weighted by atomic mass is 15.0. The van der Waals surface area contributed by atoms with Gasteiger partial charge in [-0.05, 0) is 65.6 Å². The SMILES string of the molecule is Cc1ccc(-n2c3ccc(-c4ccccc4)cc3c3cc(-c4ccccc4)ccc32)cc1. The van der Waals surface area contributed by atoms with Gasteiger partial charge in [0.1, 0.15) is 0 Å². The molecule has 1 nitrogen and oxygen atoms in total. The number of hydrogen-bond acceptors (Lipinski definition) is 0. The topological polar surface area (TPSA) is 4.93 Å². The molecule has 1 heteroatoms. The van der Waals surface area contributed by atoms with Crippen molar-refractivity contribution in [1.29, 1.82) is 0 Å². The Morgan fingerprint density at radius 2 is 0.906 bits per heavy atom. The fraction of sp³-hybridized carbons (Fsp3) is 0.0323. The van der Waals surface area contributed by atoms with Crippen LogP contribution in [0.25, 0.3) is 49.7 Å². The lowest BCUT2D eigenvalue weighted by molar-refractivity contribution is 1.17. The van der Waals surface area contributed by atoms with Crippen LogP contribution >= 0.6 is 0 Å². The summed E-state index contributed by atoms with van der Waals surface area (Å²) in [5.74, 6) is 0. The Balaban J connectivity index is 1.66. The van der Waals surface area contributed by atoms with Crippen LogP contribution in [0.1, 0.15) is 5.56 Å². The highest BCUT2D eigenvalue weighted by Gasteiger charge is 2.14. The van der Waals surface area contributed by atoms with E-state index in [0.717, 1.165) is 0 Å². The second-order valence-corrected chi connectivity index (χ2v) is 8.37. The van der Waals surface area contributed by atoms with Crippen molar-refractivity contribution in [3.63, 3.8) is 0 Å². The monoisotopic (exact) mass is 409 g/mol. The molecule has 0 saturated heterocycles. The Bertz CT molecular complexity index is 1440. The number of fused-ring (bicyclic) bond motifs is 3. The number of hydrogen-bond donors (Lipinski definition) is 0. The van der Waals surface area contributed by atoms with Crippen molar-refractivity contribution in [2.45, 2.75) is 6.92 Å². The van der Waals surface area contributed by atoms with Crippen molar-refractivity contribution < 1.29 is 0 Å². The summed E-state index contributed by atoms with van der Waals surface area (Å²) in [4.78, 5) is 0. The van der Waals surface area contributed by atoms with Crippen LogP contribution in [0.15, 0.2) is 121 Å². The van der Waals surface area contributed by atoms with Gasteiger partial charge in [-0.2, -0.15) is 0 Å². The van der Waals surface area contributed by atoms with Gasteiger partial charge in [0, 0.05) is 16.5 Å². The van der Waals surface area contributed by atoms with Crippen molar-refractivity contribution in [2.24, 2.45) is 0 Å². The number of aryl methyl sites for hydroxylation is 1. The van der Waals surface area contributed by atoms with Crippen LogP contribution in [0.2, 0.25) is 0 Å². The number of nitrogens with zero attached hydrogens (tertiary/aromatic N) is 1. The van der Waals surface area contributed by atoms with Crippen LogP contribution in [0, 0.1) is 6.92 Å². The largest absolute Gasteiger partial charge is 0.309 e. The molecule has 0 aliphatic carbocycles. The third-order valence-electron chi connectivity index (χ3n) is 6.27. The standard InChI is InChI=1S/C31H23N/c1-22-12-16-27(17-13-22)32-30-18-14-25(23-8-4-2-5-9-23)20-28(30)29-21-26(15-19-31(29)32)24-10-6-3-7-11-24/h2-21H,1H3. The minimum atomic E-state index is 1.19. The molecule has 32 heavy (non-hydrogen) atoms. The van der Waals surface area contributed by atoms with Gasteiger partial charge in [0.25, 0.3) is 0 Å². The Kier molecular flexibility index (Phi) is 4.40. The van der Waals surface area contributed by atoms with E-state index in [0.29, 0.717) is 0 Å². The van der Waals surface area contributed by atoms with E-state index in [1.807, 2.05) is 0 Å². The minimum absolute atomic E-state index is 1.19. The van der Waals surface area contributed by atoms with E-state index in [2.05, 4.69) is 133 Å². The first-order valence-electron chi connectivity index (χ1n) is 11.0. The first-order chi connectivity index (χ1) is 15.8. The molecule has 1 heterocycles. The summed E-state index contributed by atoms with van der Waals surface area (Å²) >= 11 is 0. The summed E-state index contributed by atoms with van der Waals surface area (Å²) in [6.07, 6.45) is 0. The Morgan fingerprint density at radius 1 is 0.438 bits per heavy atom. The molecule has 6 rings (SSSR count). The van der Waals surface area contributed by atoms with E-state index in [4.69, 9.17) is 0 Å². The molecule has 0 N–H and O–H groups in total. The fourth-order valence-electron chi connectivity index (χ4n) is 4.62. The molecular formula is C31H23N. The van der Waals surface area contributed by atoms with E-state index < -0.39 is 0 Å². The highest BCUT2D eigenvalue weighted by Crippen LogP contribution is 2.37. The van der Waals surface area contributed by atoms with Crippen molar-refractivity contribution in [3.8, 4) is 27.9 Å². The third kappa shape index (κ3) is 3.11. The summed E-state index contributed by atoms with van der Waals surface area (Å²) in [5, 5.41) is 2.56. The van der Waals surface area contributed by atoms with Gasteiger partial charge in [-0.3, -0.25) is 0 Å². The Hall–Kier alpha value is -4.10. The average molecular weight is 410 g/mol. The van der Waals surface area contributed by atoms with Gasteiger partial charge in [0.15, 0.2) is 0 Å². The van der Waals surface area contributed by atoms with Gasteiger partial charge in [0.05, 0.1) is 11.0 Å². The minimum Gasteiger partial charge on any atom is -0.309 e. The van der Waals surface area contributed by atoms with Gasteiger partial charge in [-0.25, -0.2) is 0 Å². The molecule has 0 atom stereocenters. The molecule has 0 amide bonds. The normalized spacial score (nSPS) is 11.3. The van der Waals surface area contributed by atoms with Crippen LogP contribution in [0.5, 0.6) is 0 Å². The van der Waals surface area contributed by atoms with Gasteiger partial charge >= 0.3 is 0 Å². The number of rotatable bonds is 3. The van der Waals surface area contributed by atoms with Gasteiger partial charge in [0.2, 0.25) is 0 Å². The van der Waals surface area contributed by atoms with Crippen molar-refractivity contribution in [2.75, 3.05) is 0 Å². The maximum absolute atomic E-state index is 2.38. The highest BCUT2D eigenvalue weighted by molar-refractivity contribution is 6.11. The molecule has 0 aliphatic rings. The van der Waals surface area contributed by atoms with Crippen molar-refractivity contribution in [1.82, 2.24) is 4.57 Å². The lowest BCUT2D eigenvalue weighted by atomic mass is 10.0. The Morgan fingerprint density at radius 3 is 1.38 bits per heavy atom. The maximum Gasteiger partial charge on any atom is 0.0541 e. The first-order valence-corrected chi connectivity index (χ1v) is 11.0. The lowest BCUT2D eigenvalue weighted by Crippen LogP contribution is -1.93. The molecule has 6 aromatic rings. The zero-order chi connectivity index (χ0) is 21.5. The first kappa shape index (κ1) is 18.7. The van der Waals surface area contributed by atoms with E-state index in [9.17, 15) is 0 Å². The maximum atomic E-state index is 2.38. The summed E-state index contributed by atoms with van der Waals surface area (Å²) in [6.45, 7) is 2.13. The molecule has 0 bridgehead atoms. The molecule has 0 aliphatic heterocycles. The zero-order valence-corrected chi connectivity index (χ0v) is 18.0. The van der Waals surface area contributed by atoms with Crippen molar-refractivity contribution in [3.05, 3.63) is 127 Å². The van der Waals surface area contributed by atoms with Gasteiger partial charge < -0.3 is 4.57 Å². The second-order valence-electron chi connectivity index (χ2n) is 8.37. The van der Waals surface area contributed by atoms with Gasteiger partial charge in [-0.1, -0.05) is 90.5 Å². The van der Waals surface area contributed by atoms with Gasteiger partial charge in [-0.15, -0.1) is 0 Å². The van der Waals surface area contributed by atoms with Crippen LogP contribution < -0.4 is 0 Å². The smallest absolute Gasteiger partial charge is 0.0541 e. The Labute approximate surface area is 188 Å². The van der Waals surface area contributed by atoms with Crippen LogP contribution in [-0.4, -0.2) is 4.57 Å². The molecule has 0 saturated carbocycles. The molecule has 0 spiro atoms. The van der Waals surface area contributed by atoms with Crippen LogP contribution in [0.3, 0.4) is 0 Å². The third-order valence-corrected chi connectivity index (χ3v) is 6.27. The molecule has 1 aromatic heterocycles. The molecule has 0 fully saturated rings. The predicted octanol–water partition coefficient (Wildman–Crippen LogP) is 8.43. The van der Waals surface area contributed by atoms with Crippen molar-refractivity contribution >= 4 is 21.8 Å². The van der Waals surface area contributed by atoms with Crippen LogP contribution in [0.4, 0.5) is 0 Å². The quantitative estimate of drug-likeness (QED) is 0.276. The second kappa shape index (κ2) is 7.55. The van der Waals surface area contributed by atoms with E-state index in [1.54, 1.807) is 0 Å². The number of aromatic nitrogens is 1. The molecule has 0 radical (unpaired) electrons. The average Bonchev–Trinajstić information content (AvgIpc) is 3.19. The molecule has 0 unspecified atom stereocenters. The molecular weight excluding hydrogens is 386 g/mol. The summed E-state index contributed by atoms with van der Waals surface area (Å²) in [6, 6.07) is 43.7. The van der Waals surface area contributed by atoms with E-state index in [-0.39, 0.29) is 0 Å². The summed E-state index contributed by atoms with van der Waals surface area (Å²) in [7, 11) is 0. The fourth-order valence-corrected chi connectivity index (χ4v) is 4.62. The summed E-state index contributed by atoms with van der Waals surface area (Å²) in [5.41, 5.74) is 9.89. The van der Waals surface area contributed by atoms with E-state index >= 15 is 0 Å². The predicted molar refractivity (Wildman–Crippen MR) is 136 cm³/mol.